The molecule has 0 saturated heterocycles. The molecule has 3 rings (SSSR count). The number of halogens is 1. The van der Waals surface area contributed by atoms with Crippen LogP contribution in [0.15, 0.2) is 46.9 Å². The first-order valence-electron chi connectivity index (χ1n) is 6.93. The van der Waals surface area contributed by atoms with Crippen molar-refractivity contribution in [2.75, 3.05) is 5.32 Å². The van der Waals surface area contributed by atoms with E-state index in [0.29, 0.717) is 17.7 Å². The Kier molecular flexibility index (Phi) is 3.70. The monoisotopic (exact) mass is 331 g/mol. The minimum Gasteiger partial charge on any atom is -0.508 e. The van der Waals surface area contributed by atoms with E-state index in [-0.39, 0.29) is 0 Å². The van der Waals surface area contributed by atoms with Gasteiger partial charge in [0.2, 0.25) is 0 Å². The Labute approximate surface area is 128 Å². The van der Waals surface area contributed by atoms with Gasteiger partial charge in [0.1, 0.15) is 5.75 Å². The smallest absolute Gasteiger partial charge is 0.120 e. The number of hydrogen-bond acceptors (Lipinski definition) is 2. The van der Waals surface area contributed by atoms with Crippen LogP contribution in [0.3, 0.4) is 0 Å². The highest BCUT2D eigenvalue weighted by atomic mass is 79.9. The molecule has 1 aliphatic carbocycles. The van der Waals surface area contributed by atoms with E-state index >= 15 is 0 Å². The first-order valence-corrected chi connectivity index (χ1v) is 7.73. The van der Waals surface area contributed by atoms with E-state index in [1.165, 1.54) is 5.56 Å². The Morgan fingerprint density at radius 3 is 2.65 bits per heavy atom. The van der Waals surface area contributed by atoms with E-state index in [9.17, 15) is 5.11 Å². The summed E-state index contributed by atoms with van der Waals surface area (Å²) in [6.07, 6.45) is 2.29. The second-order valence-electron chi connectivity index (χ2n) is 5.57. The number of rotatable bonds is 3. The molecule has 1 saturated carbocycles. The lowest BCUT2D eigenvalue weighted by Crippen LogP contribution is -2.33. The zero-order chi connectivity index (χ0) is 14.1. The van der Waals surface area contributed by atoms with Gasteiger partial charge in [-0.1, -0.05) is 34.1 Å². The van der Waals surface area contributed by atoms with Gasteiger partial charge in [0.05, 0.1) is 0 Å². The van der Waals surface area contributed by atoms with Crippen molar-refractivity contribution in [2.45, 2.75) is 31.7 Å². The van der Waals surface area contributed by atoms with Gasteiger partial charge in [0.25, 0.3) is 0 Å². The van der Waals surface area contributed by atoms with Gasteiger partial charge in [-0.2, -0.15) is 0 Å². The van der Waals surface area contributed by atoms with Crippen LogP contribution in [0.25, 0.3) is 0 Å². The minimum atomic E-state index is 0.359. The molecule has 0 atom stereocenters. The Bertz CT molecular complexity index is 620. The topological polar surface area (TPSA) is 32.3 Å². The van der Waals surface area contributed by atoms with Crippen LogP contribution in [0, 0.1) is 6.92 Å². The standard InChI is InChI=1S/C17H18BrNO/c1-11-5-6-15(10-17(11)20)19-16-8-13(9-16)12-3-2-4-14(18)7-12/h2-7,10,13,16,19-20H,8-9H2,1H3. The maximum Gasteiger partial charge on any atom is 0.120 e. The van der Waals surface area contributed by atoms with E-state index in [4.69, 9.17) is 0 Å². The summed E-state index contributed by atoms with van der Waals surface area (Å²) in [4.78, 5) is 0. The fourth-order valence-corrected chi connectivity index (χ4v) is 3.12. The molecular formula is C17H18BrNO. The van der Waals surface area contributed by atoms with Gasteiger partial charge >= 0.3 is 0 Å². The molecule has 0 heterocycles. The molecule has 2 N–H and O–H groups in total. The maximum absolute atomic E-state index is 9.72. The number of anilines is 1. The lowest BCUT2D eigenvalue weighted by atomic mass is 9.76. The molecular weight excluding hydrogens is 314 g/mol. The average molecular weight is 332 g/mol. The Morgan fingerprint density at radius 1 is 1.15 bits per heavy atom. The van der Waals surface area contributed by atoms with Crippen molar-refractivity contribution in [3.8, 4) is 5.75 Å². The van der Waals surface area contributed by atoms with Gasteiger partial charge in [-0.25, -0.2) is 0 Å². The summed E-state index contributed by atoms with van der Waals surface area (Å²) in [7, 11) is 0. The van der Waals surface area contributed by atoms with Gasteiger partial charge < -0.3 is 10.4 Å². The molecule has 0 amide bonds. The molecule has 0 unspecified atom stereocenters. The maximum atomic E-state index is 9.72. The Morgan fingerprint density at radius 2 is 1.95 bits per heavy atom. The fourth-order valence-electron chi connectivity index (χ4n) is 2.70. The fraction of sp³-hybridized carbons (Fsp3) is 0.294. The second-order valence-corrected chi connectivity index (χ2v) is 6.48. The molecule has 2 aromatic rings. The van der Waals surface area contributed by atoms with Crippen molar-refractivity contribution in [3.05, 3.63) is 58.1 Å². The second kappa shape index (κ2) is 5.49. The molecule has 2 nitrogen and oxygen atoms in total. The molecule has 0 spiro atoms. The number of aryl methyl sites for hydroxylation is 1. The molecule has 1 aliphatic rings. The largest absolute Gasteiger partial charge is 0.508 e. The average Bonchev–Trinajstić information content (AvgIpc) is 2.37. The van der Waals surface area contributed by atoms with E-state index in [1.54, 1.807) is 0 Å². The summed E-state index contributed by atoms with van der Waals surface area (Å²) in [5, 5.41) is 13.2. The van der Waals surface area contributed by atoms with Crippen molar-refractivity contribution in [3.63, 3.8) is 0 Å². The molecule has 0 bridgehead atoms. The number of nitrogens with one attached hydrogen (secondary N) is 1. The van der Waals surface area contributed by atoms with Crippen LogP contribution in [-0.2, 0) is 0 Å². The summed E-state index contributed by atoms with van der Waals surface area (Å²) >= 11 is 3.52. The van der Waals surface area contributed by atoms with Gasteiger partial charge in [0, 0.05) is 22.3 Å². The van der Waals surface area contributed by atoms with Gasteiger partial charge in [-0.3, -0.25) is 0 Å². The molecule has 0 radical (unpaired) electrons. The van der Waals surface area contributed by atoms with E-state index in [1.807, 2.05) is 25.1 Å². The highest BCUT2D eigenvalue weighted by Gasteiger charge is 2.30. The predicted molar refractivity (Wildman–Crippen MR) is 86.4 cm³/mol. The van der Waals surface area contributed by atoms with E-state index < -0.39 is 0 Å². The van der Waals surface area contributed by atoms with Crippen molar-refractivity contribution in [1.82, 2.24) is 0 Å². The van der Waals surface area contributed by atoms with Crippen molar-refractivity contribution in [1.29, 1.82) is 0 Å². The van der Waals surface area contributed by atoms with E-state index in [0.717, 1.165) is 28.6 Å². The third-order valence-corrected chi connectivity index (χ3v) is 4.53. The van der Waals surface area contributed by atoms with Gasteiger partial charge in [-0.15, -0.1) is 0 Å². The first-order chi connectivity index (χ1) is 9.61. The number of hydrogen-bond donors (Lipinski definition) is 2. The van der Waals surface area contributed by atoms with E-state index in [2.05, 4.69) is 45.5 Å². The Balaban J connectivity index is 1.59. The number of phenols is 1. The Hall–Kier alpha value is -1.48. The van der Waals surface area contributed by atoms with Crippen LogP contribution in [0.2, 0.25) is 0 Å². The lowest BCUT2D eigenvalue weighted by molar-refractivity contribution is 0.374. The quantitative estimate of drug-likeness (QED) is 0.844. The zero-order valence-corrected chi connectivity index (χ0v) is 13.0. The van der Waals surface area contributed by atoms with Gasteiger partial charge in [-0.05, 0) is 55.0 Å². The SMILES string of the molecule is Cc1ccc(NC2CC(c3cccc(Br)c3)C2)cc1O. The van der Waals surface area contributed by atoms with Crippen LogP contribution < -0.4 is 5.32 Å². The van der Waals surface area contributed by atoms with Crippen LogP contribution in [-0.4, -0.2) is 11.1 Å². The molecule has 20 heavy (non-hydrogen) atoms. The van der Waals surface area contributed by atoms with Crippen LogP contribution in [0.4, 0.5) is 5.69 Å². The molecule has 104 valence electrons. The molecule has 3 heteroatoms. The van der Waals surface area contributed by atoms with Crippen molar-refractivity contribution < 1.29 is 5.11 Å². The zero-order valence-electron chi connectivity index (χ0n) is 11.4. The molecule has 0 aliphatic heterocycles. The third kappa shape index (κ3) is 2.83. The number of benzene rings is 2. The van der Waals surface area contributed by atoms with Crippen LogP contribution in [0.5, 0.6) is 5.75 Å². The van der Waals surface area contributed by atoms with Gasteiger partial charge in [0.15, 0.2) is 0 Å². The normalized spacial score (nSPS) is 21.3. The number of aromatic hydroxyl groups is 1. The third-order valence-electron chi connectivity index (χ3n) is 4.04. The lowest BCUT2D eigenvalue weighted by Gasteiger charge is -2.37. The predicted octanol–water partition coefficient (Wildman–Crippen LogP) is 4.82. The molecule has 1 fully saturated rings. The molecule has 0 aromatic heterocycles. The highest BCUT2D eigenvalue weighted by Crippen LogP contribution is 2.39. The van der Waals surface area contributed by atoms with Crippen molar-refractivity contribution >= 4 is 21.6 Å². The summed E-state index contributed by atoms with van der Waals surface area (Å²) in [5.41, 5.74) is 3.33. The molecule has 2 aromatic carbocycles. The summed E-state index contributed by atoms with van der Waals surface area (Å²) < 4.78 is 1.15. The van der Waals surface area contributed by atoms with Crippen LogP contribution in [0.1, 0.15) is 29.9 Å². The number of phenolic OH excluding ortho intramolecular Hbond substituents is 1. The van der Waals surface area contributed by atoms with Crippen LogP contribution >= 0.6 is 15.9 Å². The minimum absolute atomic E-state index is 0.359. The first kappa shape index (κ1) is 13.5. The van der Waals surface area contributed by atoms with Crippen molar-refractivity contribution in [2.24, 2.45) is 0 Å². The summed E-state index contributed by atoms with van der Waals surface area (Å²) in [6.45, 7) is 1.91. The summed E-state index contributed by atoms with van der Waals surface area (Å²) in [5.74, 6) is 1.00. The summed E-state index contributed by atoms with van der Waals surface area (Å²) in [6, 6.07) is 14.8. The highest BCUT2D eigenvalue weighted by molar-refractivity contribution is 9.10.